The van der Waals surface area contributed by atoms with Gasteiger partial charge in [0.2, 0.25) is 0 Å². The van der Waals surface area contributed by atoms with Crippen LogP contribution in [-0.4, -0.2) is 4.57 Å². The predicted molar refractivity (Wildman–Crippen MR) is 53.4 cm³/mol. The molecule has 2 nitrogen and oxygen atoms in total. The van der Waals surface area contributed by atoms with E-state index in [1.165, 1.54) is 16.2 Å². The largest absolute Gasteiger partial charge is 0.320 e. The second-order valence-electron chi connectivity index (χ2n) is 2.09. The van der Waals surface area contributed by atoms with Gasteiger partial charge < -0.3 is 4.57 Å². The van der Waals surface area contributed by atoms with E-state index in [9.17, 15) is 0 Å². The van der Waals surface area contributed by atoms with Gasteiger partial charge in [-0.05, 0) is 6.92 Å². The Labute approximate surface area is 80.5 Å². The van der Waals surface area contributed by atoms with Crippen LogP contribution in [0.25, 0.3) is 0 Å². The number of rotatable bonds is 2. The molecule has 1 aromatic rings. The maximum Gasteiger partial charge on any atom is 0.182 e. The molecule has 0 atom stereocenters. The van der Waals surface area contributed by atoms with Crippen LogP contribution in [0.2, 0.25) is 0 Å². The van der Waals surface area contributed by atoms with Crippen molar-refractivity contribution in [3.05, 3.63) is 28.5 Å². The number of nitrogens with zero attached hydrogens (tertiary/aromatic N) is 1. The van der Waals surface area contributed by atoms with Gasteiger partial charge in [-0.15, -0.1) is 34.9 Å². The second kappa shape index (κ2) is 4.51. The quantitative estimate of drug-likeness (QED) is 0.760. The van der Waals surface area contributed by atoms with Crippen molar-refractivity contribution >= 4 is 28.3 Å². The third kappa shape index (κ3) is 2.63. The maximum atomic E-state index is 7.43. The highest BCUT2D eigenvalue weighted by molar-refractivity contribution is 8.93. The van der Waals surface area contributed by atoms with Crippen LogP contribution in [0.5, 0.6) is 0 Å². The highest BCUT2D eigenvalue weighted by Crippen LogP contribution is 1.99. The summed E-state index contributed by atoms with van der Waals surface area (Å²) in [5, 5.41) is 7.43. The molecular weight excluding hydrogens is 224 g/mol. The maximum absolute atomic E-state index is 7.43. The molecule has 1 rings (SSSR count). The smallest absolute Gasteiger partial charge is 0.182 e. The average molecular weight is 235 g/mol. The molecule has 0 bridgehead atoms. The zero-order chi connectivity index (χ0) is 7.56. The summed E-state index contributed by atoms with van der Waals surface area (Å²) in [5.74, 6) is 0. The SMILES string of the molecule is Br.C=CCn1cc(C)sc1=N. The van der Waals surface area contributed by atoms with Crippen LogP contribution < -0.4 is 4.80 Å². The number of allylic oxidation sites excluding steroid dienone is 1. The van der Waals surface area contributed by atoms with Crippen LogP contribution in [0.15, 0.2) is 18.9 Å². The van der Waals surface area contributed by atoms with Crippen LogP contribution in [-0.2, 0) is 6.54 Å². The summed E-state index contributed by atoms with van der Waals surface area (Å²) in [6.07, 6.45) is 3.76. The minimum Gasteiger partial charge on any atom is -0.320 e. The van der Waals surface area contributed by atoms with Gasteiger partial charge in [0.05, 0.1) is 0 Å². The topological polar surface area (TPSA) is 28.8 Å². The van der Waals surface area contributed by atoms with Crippen molar-refractivity contribution < 1.29 is 0 Å². The lowest BCUT2D eigenvalue weighted by atomic mass is 10.6. The molecular formula is C7H11BrN2S. The molecule has 0 aliphatic heterocycles. The van der Waals surface area contributed by atoms with E-state index < -0.39 is 0 Å². The van der Waals surface area contributed by atoms with Gasteiger partial charge in [0, 0.05) is 17.6 Å². The lowest BCUT2D eigenvalue weighted by Gasteiger charge is -1.92. The molecule has 0 aliphatic rings. The first-order valence-electron chi connectivity index (χ1n) is 3.06. The Bertz CT molecular complexity index is 287. The molecule has 62 valence electrons. The fraction of sp³-hybridized carbons (Fsp3) is 0.286. The first kappa shape index (κ1) is 10.7. The fourth-order valence-electron chi connectivity index (χ4n) is 0.790. The Hall–Kier alpha value is -0.350. The van der Waals surface area contributed by atoms with E-state index in [0.29, 0.717) is 4.80 Å². The number of hydrogen-bond acceptors (Lipinski definition) is 2. The lowest BCUT2D eigenvalue weighted by Crippen LogP contribution is -2.10. The predicted octanol–water partition coefficient (Wildman–Crippen LogP) is 2.10. The molecule has 0 amide bonds. The van der Waals surface area contributed by atoms with Gasteiger partial charge in [-0.2, -0.15) is 0 Å². The normalized spacial score (nSPS) is 8.82. The standard InChI is InChI=1S/C7H10N2S.BrH/c1-3-4-9-5-6(2)10-7(9)8;/h3,5,8H,1,4H2,2H3;1H. The molecule has 0 unspecified atom stereocenters. The summed E-state index contributed by atoms with van der Waals surface area (Å²) in [4.78, 5) is 1.77. The van der Waals surface area contributed by atoms with E-state index in [0.717, 1.165) is 6.54 Å². The monoisotopic (exact) mass is 234 g/mol. The molecule has 11 heavy (non-hydrogen) atoms. The van der Waals surface area contributed by atoms with Crippen molar-refractivity contribution in [1.29, 1.82) is 5.41 Å². The summed E-state index contributed by atoms with van der Waals surface area (Å²) in [7, 11) is 0. The molecule has 0 spiro atoms. The van der Waals surface area contributed by atoms with E-state index in [1.807, 2.05) is 17.7 Å². The first-order chi connectivity index (χ1) is 4.74. The molecule has 1 N–H and O–H groups in total. The number of hydrogen-bond donors (Lipinski definition) is 1. The van der Waals surface area contributed by atoms with E-state index >= 15 is 0 Å². The molecule has 1 heterocycles. The number of halogens is 1. The molecule has 0 radical (unpaired) electrons. The molecule has 1 aromatic heterocycles. The van der Waals surface area contributed by atoms with E-state index in [1.54, 1.807) is 6.08 Å². The molecule has 0 aromatic carbocycles. The molecule has 4 heteroatoms. The summed E-state index contributed by atoms with van der Waals surface area (Å²) in [6.45, 7) is 6.35. The molecule has 0 fully saturated rings. The Morgan fingerprint density at radius 2 is 2.45 bits per heavy atom. The average Bonchev–Trinajstić information content (AvgIpc) is 2.13. The van der Waals surface area contributed by atoms with Crippen molar-refractivity contribution in [3.63, 3.8) is 0 Å². The molecule has 0 saturated heterocycles. The van der Waals surface area contributed by atoms with Gasteiger partial charge >= 0.3 is 0 Å². The van der Waals surface area contributed by atoms with Crippen molar-refractivity contribution in [1.82, 2.24) is 4.57 Å². The second-order valence-corrected chi connectivity index (χ2v) is 3.32. The summed E-state index contributed by atoms with van der Waals surface area (Å²) >= 11 is 1.49. The van der Waals surface area contributed by atoms with Gasteiger partial charge in [0.1, 0.15) is 0 Å². The minimum absolute atomic E-state index is 0. The Kier molecular flexibility index (Phi) is 4.37. The van der Waals surface area contributed by atoms with Crippen molar-refractivity contribution in [2.24, 2.45) is 0 Å². The van der Waals surface area contributed by atoms with Gasteiger partial charge in [0.25, 0.3) is 0 Å². The highest BCUT2D eigenvalue weighted by Gasteiger charge is 1.92. The minimum atomic E-state index is 0. The third-order valence-electron chi connectivity index (χ3n) is 1.18. The van der Waals surface area contributed by atoms with Crippen molar-refractivity contribution in [2.75, 3.05) is 0 Å². The van der Waals surface area contributed by atoms with E-state index in [4.69, 9.17) is 5.41 Å². The van der Waals surface area contributed by atoms with Gasteiger partial charge in [-0.25, -0.2) is 0 Å². The van der Waals surface area contributed by atoms with Gasteiger partial charge in [-0.3, -0.25) is 5.41 Å². The van der Waals surface area contributed by atoms with Crippen LogP contribution in [0.4, 0.5) is 0 Å². The Morgan fingerprint density at radius 3 is 2.82 bits per heavy atom. The summed E-state index contributed by atoms with van der Waals surface area (Å²) in [6, 6.07) is 0. The zero-order valence-corrected chi connectivity index (χ0v) is 8.86. The summed E-state index contributed by atoms with van der Waals surface area (Å²) < 4.78 is 1.87. The van der Waals surface area contributed by atoms with Crippen LogP contribution in [0.3, 0.4) is 0 Å². The highest BCUT2D eigenvalue weighted by atomic mass is 79.9. The van der Waals surface area contributed by atoms with Crippen LogP contribution in [0, 0.1) is 12.3 Å². The van der Waals surface area contributed by atoms with Gasteiger partial charge in [-0.1, -0.05) is 6.08 Å². The fourth-order valence-corrected chi connectivity index (χ4v) is 1.52. The third-order valence-corrected chi connectivity index (χ3v) is 2.04. The zero-order valence-electron chi connectivity index (χ0n) is 6.33. The number of aromatic nitrogens is 1. The number of nitrogens with one attached hydrogen (secondary N) is 1. The lowest BCUT2D eigenvalue weighted by molar-refractivity contribution is 0.778. The van der Waals surface area contributed by atoms with Crippen molar-refractivity contribution in [2.45, 2.75) is 13.5 Å². The van der Waals surface area contributed by atoms with Crippen molar-refractivity contribution in [3.8, 4) is 0 Å². The number of aryl methyl sites for hydroxylation is 1. The Balaban J connectivity index is 0.000001000. The summed E-state index contributed by atoms with van der Waals surface area (Å²) in [5.41, 5.74) is 0. The van der Waals surface area contributed by atoms with E-state index in [2.05, 4.69) is 6.58 Å². The number of thiazole rings is 1. The van der Waals surface area contributed by atoms with E-state index in [-0.39, 0.29) is 17.0 Å². The molecule has 0 aliphatic carbocycles. The van der Waals surface area contributed by atoms with Crippen LogP contribution >= 0.6 is 28.3 Å². The van der Waals surface area contributed by atoms with Gasteiger partial charge in [0.15, 0.2) is 4.80 Å². The van der Waals surface area contributed by atoms with Crippen LogP contribution in [0.1, 0.15) is 4.88 Å². The molecule has 0 saturated carbocycles. The first-order valence-corrected chi connectivity index (χ1v) is 3.88. The Morgan fingerprint density at radius 1 is 1.82 bits per heavy atom.